The van der Waals surface area contributed by atoms with E-state index in [1.54, 1.807) is 0 Å². The third kappa shape index (κ3) is 5.42. The van der Waals surface area contributed by atoms with Gasteiger partial charge in [-0.3, -0.25) is 9.80 Å². The van der Waals surface area contributed by atoms with Crippen molar-refractivity contribution < 1.29 is 16.8 Å². The van der Waals surface area contributed by atoms with E-state index >= 15 is 0 Å². The molecule has 0 unspecified atom stereocenters. The molecule has 2 fully saturated rings. The second-order valence-corrected chi connectivity index (χ2v) is 12.5. The van der Waals surface area contributed by atoms with Crippen molar-refractivity contribution in [3.63, 3.8) is 0 Å². The fourth-order valence-electron chi connectivity index (χ4n) is 3.85. The minimum Gasteiger partial charge on any atom is -0.298 e. The van der Waals surface area contributed by atoms with Crippen molar-refractivity contribution in [3.8, 4) is 0 Å². The van der Waals surface area contributed by atoms with Gasteiger partial charge in [0, 0.05) is 50.3 Å². The Hall–Kier alpha value is -0.260. The van der Waals surface area contributed by atoms with Gasteiger partial charge in [-0.15, -0.1) is 0 Å². The van der Waals surface area contributed by atoms with Crippen LogP contribution >= 0.6 is 0 Å². The third-order valence-corrected chi connectivity index (χ3v) is 10.0. The number of sulfonamides is 2. The summed E-state index contributed by atoms with van der Waals surface area (Å²) in [5.74, 6) is -0.234. The van der Waals surface area contributed by atoms with Gasteiger partial charge >= 0.3 is 0 Å². The zero-order valence-corrected chi connectivity index (χ0v) is 19.1. The van der Waals surface area contributed by atoms with Crippen molar-refractivity contribution >= 4 is 20.0 Å². The quantitative estimate of drug-likeness (QED) is 0.601. The fourth-order valence-corrected chi connectivity index (χ4v) is 7.34. The van der Waals surface area contributed by atoms with E-state index in [2.05, 4.69) is 9.80 Å². The van der Waals surface area contributed by atoms with E-state index < -0.39 is 20.0 Å². The van der Waals surface area contributed by atoms with Gasteiger partial charge in [0.1, 0.15) is 0 Å². The van der Waals surface area contributed by atoms with Gasteiger partial charge in [-0.05, 0) is 48.2 Å². The summed E-state index contributed by atoms with van der Waals surface area (Å²) in [6.45, 7) is 9.90. The Morgan fingerprint density at radius 1 is 0.630 bits per heavy atom. The SMILES string of the molecule is C[C@@H]1CN(S(=O)(=O)CCCS(=O)(=O)N2C[C@@H](C)N(C)[C@@H](C)C2)C[C@H](C)N1C. The first-order valence-corrected chi connectivity index (χ1v) is 13.0. The van der Waals surface area contributed by atoms with E-state index in [1.807, 2.05) is 41.8 Å². The summed E-state index contributed by atoms with van der Waals surface area (Å²) in [5, 5.41) is 0. The highest BCUT2D eigenvalue weighted by Crippen LogP contribution is 2.19. The lowest BCUT2D eigenvalue weighted by atomic mass is 10.1. The number of nitrogens with zero attached hydrogens (tertiary/aromatic N) is 4. The average molecular weight is 425 g/mol. The molecular weight excluding hydrogens is 388 g/mol. The molecular formula is C17H36N4O4S2. The Morgan fingerprint density at radius 2 is 0.889 bits per heavy atom. The third-order valence-electron chi connectivity index (χ3n) is 6.24. The molecule has 0 spiro atoms. The second-order valence-electron chi connectivity index (χ2n) is 8.35. The molecule has 160 valence electrons. The molecule has 2 aliphatic heterocycles. The predicted octanol–water partition coefficient (Wildman–Crippen LogP) is 0.0849. The highest BCUT2D eigenvalue weighted by atomic mass is 32.2. The van der Waals surface area contributed by atoms with Crippen LogP contribution in [0.2, 0.25) is 0 Å². The summed E-state index contributed by atoms with van der Waals surface area (Å²) in [7, 11) is -2.87. The van der Waals surface area contributed by atoms with Gasteiger partial charge in [-0.2, -0.15) is 8.61 Å². The standard InChI is InChI=1S/C17H36N4O4S2/c1-14-10-20(11-15(2)18(14)5)26(22,23)8-7-9-27(24,25)21-12-16(3)19(6)17(4)13-21/h14-17H,7-13H2,1-6H3/t14-,15+,16-,17+. The largest absolute Gasteiger partial charge is 0.298 e. The summed E-state index contributed by atoms with van der Waals surface area (Å²) in [6.07, 6.45) is 0.134. The zero-order valence-electron chi connectivity index (χ0n) is 17.5. The molecule has 4 atom stereocenters. The van der Waals surface area contributed by atoms with Crippen molar-refractivity contribution in [2.24, 2.45) is 0 Å². The van der Waals surface area contributed by atoms with Crippen molar-refractivity contribution in [2.45, 2.75) is 58.3 Å². The summed E-state index contributed by atoms with van der Waals surface area (Å²) in [6, 6.07) is 0.613. The molecule has 10 heteroatoms. The minimum atomic E-state index is -3.44. The summed E-state index contributed by atoms with van der Waals surface area (Å²) >= 11 is 0. The molecule has 2 heterocycles. The van der Waals surface area contributed by atoms with Gasteiger partial charge in [0.05, 0.1) is 11.5 Å². The molecule has 0 aromatic heterocycles. The molecule has 2 saturated heterocycles. The minimum absolute atomic E-state index is 0.117. The first-order valence-electron chi connectivity index (χ1n) is 9.74. The lowest BCUT2D eigenvalue weighted by molar-refractivity contribution is 0.105. The Bertz CT molecular complexity index is 628. The van der Waals surface area contributed by atoms with Gasteiger partial charge in [-0.1, -0.05) is 0 Å². The first kappa shape index (κ1) is 23.0. The van der Waals surface area contributed by atoms with Gasteiger partial charge in [-0.25, -0.2) is 16.8 Å². The van der Waals surface area contributed by atoms with Crippen LogP contribution in [-0.2, 0) is 20.0 Å². The van der Waals surface area contributed by atoms with E-state index in [9.17, 15) is 16.8 Å². The smallest absolute Gasteiger partial charge is 0.214 e. The molecule has 0 amide bonds. The molecule has 2 aliphatic rings. The topological polar surface area (TPSA) is 81.2 Å². The second kappa shape index (κ2) is 8.62. The highest BCUT2D eigenvalue weighted by molar-refractivity contribution is 7.90. The van der Waals surface area contributed by atoms with Crippen LogP contribution < -0.4 is 0 Å². The van der Waals surface area contributed by atoms with E-state index in [1.165, 1.54) is 8.61 Å². The zero-order chi connectivity index (χ0) is 20.6. The average Bonchev–Trinajstić information content (AvgIpc) is 2.56. The fraction of sp³-hybridized carbons (Fsp3) is 1.00. The van der Waals surface area contributed by atoms with Gasteiger partial charge in [0.15, 0.2) is 0 Å². The molecule has 0 aliphatic carbocycles. The molecule has 0 bridgehead atoms. The molecule has 0 aromatic rings. The molecule has 0 radical (unpaired) electrons. The summed E-state index contributed by atoms with van der Waals surface area (Å²) < 4.78 is 53.8. The van der Waals surface area contributed by atoms with Crippen LogP contribution in [0.1, 0.15) is 34.1 Å². The molecule has 8 nitrogen and oxygen atoms in total. The molecule has 27 heavy (non-hydrogen) atoms. The Balaban J connectivity index is 1.92. The Kier molecular flexibility index (Phi) is 7.35. The normalized spacial score (nSPS) is 33.4. The molecule has 0 saturated carbocycles. The van der Waals surface area contributed by atoms with E-state index in [0.717, 1.165) is 0 Å². The number of hydrogen-bond acceptors (Lipinski definition) is 6. The monoisotopic (exact) mass is 424 g/mol. The van der Waals surface area contributed by atoms with E-state index in [0.29, 0.717) is 26.2 Å². The van der Waals surface area contributed by atoms with Crippen LogP contribution in [0.15, 0.2) is 0 Å². The number of likely N-dealkylation sites (N-methyl/N-ethyl adjacent to an activating group) is 2. The van der Waals surface area contributed by atoms with Crippen LogP contribution in [0, 0.1) is 0 Å². The van der Waals surface area contributed by atoms with Crippen molar-refractivity contribution in [1.82, 2.24) is 18.4 Å². The maximum Gasteiger partial charge on any atom is 0.214 e. The van der Waals surface area contributed by atoms with Crippen LogP contribution in [0.4, 0.5) is 0 Å². The van der Waals surface area contributed by atoms with Crippen molar-refractivity contribution in [3.05, 3.63) is 0 Å². The van der Waals surface area contributed by atoms with Crippen LogP contribution in [0.3, 0.4) is 0 Å². The molecule has 0 aromatic carbocycles. The van der Waals surface area contributed by atoms with E-state index in [-0.39, 0.29) is 42.1 Å². The van der Waals surface area contributed by atoms with Crippen LogP contribution in [-0.4, -0.2) is 111 Å². The summed E-state index contributed by atoms with van der Waals surface area (Å²) in [4.78, 5) is 4.35. The molecule has 0 N–H and O–H groups in total. The first-order chi connectivity index (χ1) is 12.3. The number of hydrogen-bond donors (Lipinski definition) is 0. The van der Waals surface area contributed by atoms with E-state index in [4.69, 9.17) is 0 Å². The van der Waals surface area contributed by atoms with Gasteiger partial charge in [0.2, 0.25) is 20.0 Å². The number of rotatable bonds is 6. The predicted molar refractivity (Wildman–Crippen MR) is 109 cm³/mol. The lowest BCUT2D eigenvalue weighted by Crippen LogP contribution is -2.57. The maximum atomic E-state index is 12.7. The van der Waals surface area contributed by atoms with Crippen molar-refractivity contribution in [1.29, 1.82) is 0 Å². The summed E-state index contributed by atoms with van der Waals surface area (Å²) in [5.41, 5.74) is 0. The van der Waals surface area contributed by atoms with Gasteiger partial charge in [0.25, 0.3) is 0 Å². The Morgan fingerprint density at radius 3 is 1.15 bits per heavy atom. The van der Waals surface area contributed by atoms with Crippen molar-refractivity contribution in [2.75, 3.05) is 51.8 Å². The Labute approximate surface area is 165 Å². The highest BCUT2D eigenvalue weighted by Gasteiger charge is 2.35. The number of piperazine rings is 2. The maximum absolute atomic E-state index is 12.7. The van der Waals surface area contributed by atoms with Gasteiger partial charge < -0.3 is 0 Å². The molecule has 2 rings (SSSR count). The lowest BCUT2D eigenvalue weighted by Gasteiger charge is -2.42. The van der Waals surface area contributed by atoms with Crippen LogP contribution in [0.5, 0.6) is 0 Å². The van der Waals surface area contributed by atoms with Crippen LogP contribution in [0.25, 0.3) is 0 Å².